The smallest absolute Gasteiger partial charge is 0.302 e. The van der Waals surface area contributed by atoms with E-state index >= 15 is 0 Å². The van der Waals surface area contributed by atoms with E-state index in [1.165, 1.54) is 25.0 Å². The Bertz CT molecular complexity index is 768. The number of hydrogen-bond donors (Lipinski definition) is 1. The van der Waals surface area contributed by atoms with Gasteiger partial charge in [0.2, 0.25) is 0 Å². The average Bonchev–Trinajstić information content (AvgIpc) is 2.89. The van der Waals surface area contributed by atoms with Crippen molar-refractivity contribution in [3.63, 3.8) is 0 Å². The number of aryl methyl sites for hydroxylation is 1. The van der Waals surface area contributed by atoms with Crippen LogP contribution in [-0.2, 0) is 16.0 Å². The normalized spacial score (nSPS) is 35.2. The van der Waals surface area contributed by atoms with Gasteiger partial charge in [0.15, 0.2) is 5.78 Å². The maximum atomic E-state index is 11.9. The highest BCUT2D eigenvalue weighted by Crippen LogP contribution is 2.61. The molecule has 0 spiro atoms. The Morgan fingerprint density at radius 2 is 1.92 bits per heavy atom. The Labute approximate surface area is 154 Å². The fourth-order valence-electron chi connectivity index (χ4n) is 6.24. The molecular formula is C22H28O4. The molecule has 5 atom stereocenters. The van der Waals surface area contributed by atoms with Gasteiger partial charge in [0.1, 0.15) is 11.9 Å². The Hall–Kier alpha value is -1.84. The summed E-state index contributed by atoms with van der Waals surface area (Å²) >= 11 is 0. The molecule has 2 fully saturated rings. The molecule has 0 amide bonds. The minimum absolute atomic E-state index is 0.0416. The summed E-state index contributed by atoms with van der Waals surface area (Å²) < 4.78 is 5.68. The van der Waals surface area contributed by atoms with Gasteiger partial charge >= 0.3 is 5.97 Å². The zero-order valence-electron chi connectivity index (χ0n) is 15.9. The van der Waals surface area contributed by atoms with Crippen molar-refractivity contribution in [1.82, 2.24) is 0 Å². The topological polar surface area (TPSA) is 63.6 Å². The number of esters is 1. The number of ketones is 1. The highest BCUT2D eigenvalue weighted by Gasteiger charge is 2.56. The molecule has 140 valence electrons. The maximum absolute atomic E-state index is 11.9. The van der Waals surface area contributed by atoms with Crippen LogP contribution in [0.3, 0.4) is 0 Å². The quantitative estimate of drug-likeness (QED) is 0.631. The van der Waals surface area contributed by atoms with Crippen LogP contribution in [0, 0.1) is 17.3 Å². The van der Waals surface area contributed by atoms with Crippen LogP contribution in [0.5, 0.6) is 5.75 Å². The molecule has 3 aliphatic carbocycles. The monoisotopic (exact) mass is 356 g/mol. The van der Waals surface area contributed by atoms with Gasteiger partial charge in [-0.1, -0.05) is 6.92 Å². The van der Waals surface area contributed by atoms with Crippen molar-refractivity contribution >= 4 is 11.8 Å². The van der Waals surface area contributed by atoms with Crippen LogP contribution in [0.25, 0.3) is 0 Å². The first-order valence-electron chi connectivity index (χ1n) is 9.85. The molecule has 1 aromatic carbocycles. The van der Waals surface area contributed by atoms with E-state index in [0.717, 1.165) is 38.5 Å². The van der Waals surface area contributed by atoms with Crippen molar-refractivity contribution in [2.75, 3.05) is 0 Å². The molecule has 4 heteroatoms. The summed E-state index contributed by atoms with van der Waals surface area (Å²) in [5.74, 6) is 1.45. The van der Waals surface area contributed by atoms with Gasteiger partial charge in [-0.3, -0.25) is 9.59 Å². The third-order valence-corrected chi connectivity index (χ3v) is 7.44. The standard InChI is InChI=1S/C22H28O4/c1-12(23)17-11-18-14(10-20(17)25)4-5-16-15(18)8-9-22(3)19(16)6-7-21(22)26-13(2)24/h10-11,15-16,19,21,25H,4-9H2,1-3H3/t15-,16+,19-,21?,22-/m0/s1. The fraction of sp³-hybridized carbons (Fsp3) is 0.636. The maximum Gasteiger partial charge on any atom is 0.302 e. The van der Waals surface area contributed by atoms with Crippen LogP contribution in [0.2, 0.25) is 0 Å². The van der Waals surface area contributed by atoms with Gasteiger partial charge in [0.05, 0.1) is 5.56 Å². The number of Topliss-reactive ketones (excluding diaryl/α,β-unsaturated/α-hetero) is 1. The van der Waals surface area contributed by atoms with Crippen molar-refractivity contribution in [2.24, 2.45) is 17.3 Å². The van der Waals surface area contributed by atoms with Crippen molar-refractivity contribution in [3.8, 4) is 5.75 Å². The van der Waals surface area contributed by atoms with Crippen molar-refractivity contribution in [1.29, 1.82) is 0 Å². The summed E-state index contributed by atoms with van der Waals surface area (Å²) in [6, 6.07) is 3.76. The van der Waals surface area contributed by atoms with Crippen LogP contribution in [-0.4, -0.2) is 23.0 Å². The number of carbonyl (C=O) groups excluding carboxylic acids is 2. The van der Waals surface area contributed by atoms with Crippen LogP contribution in [0.4, 0.5) is 0 Å². The van der Waals surface area contributed by atoms with Crippen LogP contribution < -0.4 is 0 Å². The predicted molar refractivity (Wildman–Crippen MR) is 98.3 cm³/mol. The fourth-order valence-corrected chi connectivity index (χ4v) is 6.24. The van der Waals surface area contributed by atoms with Crippen LogP contribution >= 0.6 is 0 Å². The molecule has 0 radical (unpaired) electrons. The highest BCUT2D eigenvalue weighted by atomic mass is 16.5. The number of phenols is 1. The second kappa shape index (κ2) is 6.11. The molecule has 1 aromatic rings. The molecule has 0 saturated heterocycles. The first-order valence-corrected chi connectivity index (χ1v) is 9.85. The summed E-state index contributed by atoms with van der Waals surface area (Å²) in [5, 5.41) is 10.2. The second-order valence-corrected chi connectivity index (χ2v) is 8.76. The predicted octanol–water partition coefficient (Wildman–Crippen LogP) is 4.38. The number of fused-ring (bicyclic) bond motifs is 5. The van der Waals surface area contributed by atoms with Crippen LogP contribution in [0.15, 0.2) is 12.1 Å². The number of aromatic hydroxyl groups is 1. The Morgan fingerprint density at radius 3 is 2.62 bits per heavy atom. The molecule has 0 heterocycles. The van der Waals surface area contributed by atoms with E-state index in [4.69, 9.17) is 4.74 Å². The summed E-state index contributed by atoms with van der Waals surface area (Å²) in [5.41, 5.74) is 2.99. The van der Waals surface area contributed by atoms with E-state index in [1.807, 2.05) is 12.1 Å². The van der Waals surface area contributed by atoms with Crippen molar-refractivity contribution in [3.05, 3.63) is 28.8 Å². The first-order chi connectivity index (χ1) is 12.3. The Morgan fingerprint density at radius 1 is 1.15 bits per heavy atom. The lowest BCUT2D eigenvalue weighted by Gasteiger charge is -2.50. The lowest BCUT2D eigenvalue weighted by atomic mass is 9.55. The van der Waals surface area contributed by atoms with E-state index in [0.29, 0.717) is 23.3 Å². The summed E-state index contributed by atoms with van der Waals surface area (Å²) in [6.07, 6.45) is 6.29. The van der Waals surface area contributed by atoms with Gasteiger partial charge < -0.3 is 9.84 Å². The molecule has 4 nitrogen and oxygen atoms in total. The number of hydrogen-bond acceptors (Lipinski definition) is 4. The first kappa shape index (κ1) is 17.6. The molecular weight excluding hydrogens is 328 g/mol. The summed E-state index contributed by atoms with van der Waals surface area (Å²) in [6.45, 7) is 5.33. The molecule has 4 rings (SSSR count). The minimum atomic E-state index is -0.172. The number of phenolic OH excluding ortho intramolecular Hbond substituents is 1. The number of benzene rings is 1. The van der Waals surface area contributed by atoms with Gasteiger partial charge in [-0.25, -0.2) is 0 Å². The molecule has 0 aromatic heterocycles. The number of ether oxygens (including phenoxy) is 1. The average molecular weight is 356 g/mol. The molecule has 1 N–H and O–H groups in total. The van der Waals surface area contributed by atoms with Crippen LogP contribution in [0.1, 0.15) is 80.3 Å². The summed E-state index contributed by atoms with van der Waals surface area (Å²) in [7, 11) is 0. The van der Waals surface area contributed by atoms with Gasteiger partial charge in [0.25, 0.3) is 0 Å². The Kier molecular flexibility index (Phi) is 4.13. The molecule has 26 heavy (non-hydrogen) atoms. The van der Waals surface area contributed by atoms with Gasteiger partial charge in [0, 0.05) is 12.3 Å². The van der Waals surface area contributed by atoms with E-state index < -0.39 is 0 Å². The minimum Gasteiger partial charge on any atom is -0.507 e. The van der Waals surface area contributed by atoms with E-state index in [2.05, 4.69) is 6.92 Å². The zero-order valence-corrected chi connectivity index (χ0v) is 15.9. The molecule has 3 aliphatic rings. The summed E-state index contributed by atoms with van der Waals surface area (Å²) in [4.78, 5) is 23.4. The van der Waals surface area contributed by atoms with E-state index in [1.54, 1.807) is 0 Å². The van der Waals surface area contributed by atoms with Gasteiger partial charge in [-0.05, 0) is 86.5 Å². The lowest BCUT2D eigenvalue weighted by Crippen LogP contribution is -2.45. The van der Waals surface area contributed by atoms with Crippen molar-refractivity contribution in [2.45, 2.75) is 71.3 Å². The van der Waals surface area contributed by atoms with Gasteiger partial charge in [-0.15, -0.1) is 0 Å². The zero-order chi connectivity index (χ0) is 18.6. The molecule has 0 aliphatic heterocycles. The molecule has 1 unspecified atom stereocenters. The van der Waals surface area contributed by atoms with Gasteiger partial charge in [-0.2, -0.15) is 0 Å². The molecule has 0 bridgehead atoms. The third kappa shape index (κ3) is 2.57. The number of carbonyl (C=O) groups is 2. The molecule has 2 saturated carbocycles. The van der Waals surface area contributed by atoms with E-state index in [9.17, 15) is 14.7 Å². The third-order valence-electron chi connectivity index (χ3n) is 7.44. The highest BCUT2D eigenvalue weighted by molar-refractivity contribution is 5.97. The lowest BCUT2D eigenvalue weighted by molar-refractivity contribution is -0.154. The number of rotatable bonds is 2. The Balaban J connectivity index is 1.67. The van der Waals surface area contributed by atoms with E-state index in [-0.39, 0.29) is 29.0 Å². The second-order valence-electron chi connectivity index (χ2n) is 8.76. The van der Waals surface area contributed by atoms with Crippen molar-refractivity contribution < 1.29 is 19.4 Å². The largest absolute Gasteiger partial charge is 0.507 e. The SMILES string of the molecule is CC(=O)OC1CC[C@H]2[C@@H]3CCc4cc(O)c(C(C)=O)cc4[C@H]3CC[C@]12C.